The summed E-state index contributed by atoms with van der Waals surface area (Å²) < 4.78 is 22.8. The average molecular weight is 391 g/mol. The molecule has 0 atom stereocenters. The molecule has 0 unspecified atom stereocenters. The van der Waals surface area contributed by atoms with E-state index in [4.69, 9.17) is 0 Å². The van der Waals surface area contributed by atoms with Gasteiger partial charge in [-0.3, -0.25) is 0 Å². The lowest BCUT2D eigenvalue weighted by Gasteiger charge is -2.12. The molecular formula is C20H17N5O2S. The predicted molar refractivity (Wildman–Crippen MR) is 108 cm³/mol. The van der Waals surface area contributed by atoms with Crippen molar-refractivity contribution in [2.75, 3.05) is 5.32 Å². The van der Waals surface area contributed by atoms with Crippen LogP contribution in [0.25, 0.3) is 22.5 Å². The molecule has 0 fully saturated rings. The number of hydrogen-bond acceptors (Lipinski definition) is 6. The summed E-state index contributed by atoms with van der Waals surface area (Å²) in [5.41, 5.74) is 4.31. The van der Waals surface area contributed by atoms with Gasteiger partial charge in [-0.1, -0.05) is 42.5 Å². The van der Waals surface area contributed by atoms with Crippen LogP contribution in [-0.4, -0.2) is 28.6 Å². The topological polar surface area (TPSA) is 89.8 Å². The Balaban J connectivity index is 1.74. The summed E-state index contributed by atoms with van der Waals surface area (Å²) in [4.78, 5) is 1.53. The van der Waals surface area contributed by atoms with Gasteiger partial charge in [-0.05, 0) is 46.7 Å². The van der Waals surface area contributed by atoms with E-state index in [-0.39, 0.29) is 4.90 Å². The third-order valence-electron chi connectivity index (χ3n) is 4.21. The zero-order chi connectivity index (χ0) is 19.5. The lowest BCUT2D eigenvalue weighted by molar-refractivity contribution is 0.614. The van der Waals surface area contributed by atoms with E-state index in [0.717, 1.165) is 16.8 Å². The first-order chi connectivity index (χ1) is 13.6. The summed E-state index contributed by atoms with van der Waals surface area (Å²) in [6.45, 7) is 0. The minimum Gasteiger partial charge on any atom is -0.355 e. The third kappa shape index (κ3) is 3.77. The molecule has 4 aromatic rings. The largest absolute Gasteiger partial charge is 0.355 e. The lowest BCUT2D eigenvalue weighted by Crippen LogP contribution is -1.97. The summed E-state index contributed by atoms with van der Waals surface area (Å²) in [6.07, 6.45) is 0. The molecule has 1 aromatic heterocycles. The van der Waals surface area contributed by atoms with E-state index in [1.54, 1.807) is 25.2 Å². The van der Waals surface area contributed by atoms with Crippen molar-refractivity contribution in [3.63, 3.8) is 0 Å². The fraction of sp³-hybridized carbons (Fsp3) is 0.0500. The van der Waals surface area contributed by atoms with Crippen LogP contribution >= 0.6 is 0 Å². The molecule has 0 aliphatic rings. The second kappa shape index (κ2) is 7.61. The number of nitrogens with one attached hydrogen (secondary N) is 1. The molecule has 4 rings (SSSR count). The normalized spacial score (nSPS) is 10.9. The van der Waals surface area contributed by atoms with Gasteiger partial charge in [0.15, 0.2) is 10.7 Å². The van der Waals surface area contributed by atoms with E-state index in [2.05, 4.69) is 20.7 Å². The Morgan fingerprint density at radius 2 is 1.68 bits per heavy atom. The molecule has 8 heteroatoms. The Bertz CT molecular complexity index is 1190. The molecule has 0 saturated heterocycles. The number of aryl methyl sites for hydroxylation is 1. The molecule has 0 amide bonds. The first-order valence-electron chi connectivity index (χ1n) is 8.55. The highest BCUT2D eigenvalue weighted by atomic mass is 32.2. The van der Waals surface area contributed by atoms with Gasteiger partial charge >= 0.3 is 0 Å². The van der Waals surface area contributed by atoms with Crippen molar-refractivity contribution in [1.29, 1.82) is 0 Å². The Morgan fingerprint density at radius 1 is 0.893 bits per heavy atom. The highest BCUT2D eigenvalue weighted by Crippen LogP contribution is 2.31. The van der Waals surface area contributed by atoms with E-state index < -0.39 is 10.7 Å². The zero-order valence-corrected chi connectivity index (χ0v) is 15.9. The molecule has 7 nitrogen and oxygen atoms in total. The van der Waals surface area contributed by atoms with Crippen molar-refractivity contribution in [3.05, 3.63) is 72.8 Å². The Kier molecular flexibility index (Phi) is 4.86. The molecule has 1 N–H and O–H groups in total. The second-order valence-corrected chi connectivity index (χ2v) is 7.19. The first kappa shape index (κ1) is 17.9. The van der Waals surface area contributed by atoms with Crippen molar-refractivity contribution < 1.29 is 8.42 Å². The van der Waals surface area contributed by atoms with Crippen LogP contribution in [0, 0.1) is 0 Å². The van der Waals surface area contributed by atoms with Gasteiger partial charge in [0.2, 0.25) is 5.82 Å². The van der Waals surface area contributed by atoms with Crippen LogP contribution in [0.5, 0.6) is 0 Å². The van der Waals surface area contributed by atoms with Crippen molar-refractivity contribution in [3.8, 4) is 22.5 Å². The van der Waals surface area contributed by atoms with Gasteiger partial charge in [-0.25, -0.2) is 8.42 Å². The van der Waals surface area contributed by atoms with Gasteiger partial charge in [-0.2, -0.15) is 4.80 Å². The van der Waals surface area contributed by atoms with Crippen LogP contribution in [0.3, 0.4) is 0 Å². The maximum absolute atomic E-state index is 11.4. The summed E-state index contributed by atoms with van der Waals surface area (Å²) in [7, 11) is -1.06. The number of nitrogens with zero attached hydrogens (tertiary/aromatic N) is 4. The van der Waals surface area contributed by atoms with Gasteiger partial charge in [0, 0.05) is 16.9 Å². The third-order valence-corrected chi connectivity index (χ3v) is 4.91. The van der Waals surface area contributed by atoms with Gasteiger partial charge in [0.05, 0.1) is 11.9 Å². The van der Waals surface area contributed by atoms with Gasteiger partial charge < -0.3 is 5.32 Å². The summed E-state index contributed by atoms with van der Waals surface area (Å²) in [5, 5.41) is 15.4. The first-order valence-corrected chi connectivity index (χ1v) is 9.73. The SMILES string of the molecule is Cn1nnc(-c2cc([SH](=O)=O)ccc2Nc2cccc(-c3ccccc3)c2)n1. The predicted octanol–water partition coefficient (Wildman–Crippen LogP) is 3.26. The van der Waals surface area contributed by atoms with Crippen molar-refractivity contribution in [1.82, 2.24) is 20.2 Å². The molecular weight excluding hydrogens is 374 g/mol. The van der Waals surface area contributed by atoms with Crippen LogP contribution in [0.1, 0.15) is 0 Å². The number of tetrazole rings is 1. The van der Waals surface area contributed by atoms with Crippen molar-refractivity contribution in [2.24, 2.45) is 7.05 Å². The van der Waals surface area contributed by atoms with Crippen LogP contribution in [0.15, 0.2) is 77.7 Å². The molecule has 0 aliphatic carbocycles. The maximum Gasteiger partial charge on any atom is 0.207 e. The van der Waals surface area contributed by atoms with E-state index in [1.165, 1.54) is 4.80 Å². The van der Waals surface area contributed by atoms with Gasteiger partial charge in [0.1, 0.15) is 0 Å². The molecule has 1 heterocycles. The van der Waals surface area contributed by atoms with Crippen molar-refractivity contribution in [2.45, 2.75) is 4.90 Å². The molecule has 0 aliphatic heterocycles. The van der Waals surface area contributed by atoms with Crippen LogP contribution < -0.4 is 5.32 Å². The Labute approximate surface area is 163 Å². The Hall–Kier alpha value is -3.52. The molecule has 0 radical (unpaired) electrons. The summed E-state index contributed by atoms with van der Waals surface area (Å²) >= 11 is 0. The molecule has 140 valence electrons. The van der Waals surface area contributed by atoms with Gasteiger partial charge in [0.25, 0.3) is 0 Å². The average Bonchev–Trinajstić information content (AvgIpc) is 3.15. The summed E-state index contributed by atoms with van der Waals surface area (Å²) in [6, 6.07) is 22.9. The number of thiol groups is 1. The van der Waals surface area contributed by atoms with E-state index >= 15 is 0 Å². The number of anilines is 2. The summed E-state index contributed by atoms with van der Waals surface area (Å²) in [5.74, 6) is 0.350. The van der Waals surface area contributed by atoms with E-state index in [0.29, 0.717) is 17.1 Å². The molecule has 28 heavy (non-hydrogen) atoms. The molecule has 0 spiro atoms. The quantitative estimate of drug-likeness (QED) is 0.508. The Morgan fingerprint density at radius 3 is 2.39 bits per heavy atom. The maximum atomic E-state index is 11.4. The second-order valence-electron chi connectivity index (χ2n) is 6.16. The monoisotopic (exact) mass is 391 g/mol. The van der Waals surface area contributed by atoms with E-state index in [9.17, 15) is 8.42 Å². The van der Waals surface area contributed by atoms with Crippen LogP contribution in [0.2, 0.25) is 0 Å². The number of rotatable bonds is 5. The minimum atomic E-state index is -2.71. The number of hydrogen-bond donors (Lipinski definition) is 2. The highest BCUT2D eigenvalue weighted by molar-refractivity contribution is 7.72. The van der Waals surface area contributed by atoms with Gasteiger partial charge in [-0.15, -0.1) is 10.2 Å². The number of benzene rings is 3. The molecule has 0 bridgehead atoms. The fourth-order valence-electron chi connectivity index (χ4n) is 2.89. The van der Waals surface area contributed by atoms with Crippen LogP contribution in [-0.2, 0) is 17.8 Å². The zero-order valence-electron chi connectivity index (χ0n) is 15.0. The fourth-order valence-corrected chi connectivity index (χ4v) is 3.33. The van der Waals surface area contributed by atoms with E-state index in [1.807, 2.05) is 54.6 Å². The lowest BCUT2D eigenvalue weighted by atomic mass is 10.0. The smallest absolute Gasteiger partial charge is 0.207 e. The minimum absolute atomic E-state index is 0.195. The molecule has 0 saturated carbocycles. The van der Waals surface area contributed by atoms with Crippen molar-refractivity contribution >= 4 is 22.1 Å². The highest BCUT2D eigenvalue weighted by Gasteiger charge is 2.13. The molecule has 3 aromatic carbocycles. The standard InChI is InChI=1S/C20H17N5O2S/c1-25-23-20(22-24-25)18-13-17(28(26)27)10-11-19(18)21-16-9-5-8-15(12-16)14-6-3-2-4-7-14/h2-13,21,28H,1H3. The van der Waals surface area contributed by atoms with Crippen LogP contribution in [0.4, 0.5) is 11.4 Å². The number of aromatic nitrogens is 4.